The maximum atomic E-state index is 12.9. The molecule has 200 valence electrons. The fourth-order valence-electron chi connectivity index (χ4n) is 6.10. The predicted molar refractivity (Wildman–Crippen MR) is 135 cm³/mol. The molecule has 3 aliphatic rings. The van der Waals surface area contributed by atoms with Crippen molar-refractivity contribution in [2.24, 2.45) is 17.8 Å². The average Bonchev–Trinajstić information content (AvgIpc) is 3.32. The Hall–Kier alpha value is -3.70. The van der Waals surface area contributed by atoms with Gasteiger partial charge in [0.05, 0.1) is 17.9 Å². The van der Waals surface area contributed by atoms with Crippen molar-refractivity contribution >= 4 is 23.4 Å². The highest BCUT2D eigenvalue weighted by Gasteiger charge is 2.63. The standard InChI is InChI=1S/C26H29F3N8O/c1-12(2)21-24(38)34-20-13(3)33-25(35-23(20)36(21)4)31-8-14-9-32-37(11-14)22-17-7-16(17)19(22)15-5-6-18(30-10-15)26(27,28)29/h5-6,9-12,16-17,19,21-22H,7-8H2,1-4H3,(H,34,38)(H,31,33,35). The predicted octanol–water partition coefficient (Wildman–Crippen LogP) is 4.39. The van der Waals surface area contributed by atoms with Crippen LogP contribution in [0, 0.1) is 24.7 Å². The number of hydrogen-bond acceptors (Lipinski definition) is 7. The van der Waals surface area contributed by atoms with Gasteiger partial charge in [0.2, 0.25) is 11.9 Å². The number of likely N-dealkylation sites (N-methyl/N-ethyl adjacent to an activating group) is 1. The molecule has 38 heavy (non-hydrogen) atoms. The quantitative estimate of drug-likeness (QED) is 0.491. The number of hydrogen-bond donors (Lipinski definition) is 2. The molecule has 0 saturated heterocycles. The molecule has 4 heterocycles. The first-order valence-electron chi connectivity index (χ1n) is 12.7. The van der Waals surface area contributed by atoms with Crippen LogP contribution in [0.4, 0.5) is 30.6 Å². The first kappa shape index (κ1) is 24.6. The van der Waals surface area contributed by atoms with Gasteiger partial charge in [0.25, 0.3) is 0 Å². The summed E-state index contributed by atoms with van der Waals surface area (Å²) in [4.78, 5) is 27.3. The number of carbonyl (C=O) groups is 1. The van der Waals surface area contributed by atoms with Gasteiger partial charge in [0, 0.05) is 37.5 Å². The fraction of sp³-hybridized carbons (Fsp3) is 0.500. The molecule has 3 aromatic rings. The van der Waals surface area contributed by atoms with Crippen LogP contribution >= 0.6 is 0 Å². The third-order valence-electron chi connectivity index (χ3n) is 8.00. The summed E-state index contributed by atoms with van der Waals surface area (Å²) >= 11 is 0. The molecule has 0 bridgehead atoms. The maximum absolute atomic E-state index is 12.9. The molecular formula is C26H29F3N8O. The van der Waals surface area contributed by atoms with E-state index in [1.54, 1.807) is 12.3 Å². The summed E-state index contributed by atoms with van der Waals surface area (Å²) in [6, 6.07) is 2.41. The van der Waals surface area contributed by atoms with Gasteiger partial charge in [-0.25, -0.2) is 4.98 Å². The van der Waals surface area contributed by atoms with Gasteiger partial charge in [-0.05, 0) is 42.7 Å². The minimum absolute atomic E-state index is 0.0610. The van der Waals surface area contributed by atoms with Gasteiger partial charge in [-0.1, -0.05) is 19.9 Å². The maximum Gasteiger partial charge on any atom is 0.433 e. The number of fused-ring (bicyclic) bond motifs is 2. The summed E-state index contributed by atoms with van der Waals surface area (Å²) in [6.07, 6.45) is 1.73. The summed E-state index contributed by atoms with van der Waals surface area (Å²) in [5.41, 5.74) is 2.20. The molecule has 9 nitrogen and oxygen atoms in total. The lowest BCUT2D eigenvalue weighted by Crippen LogP contribution is -2.49. The average molecular weight is 527 g/mol. The molecule has 2 fully saturated rings. The van der Waals surface area contributed by atoms with Crippen molar-refractivity contribution < 1.29 is 18.0 Å². The van der Waals surface area contributed by atoms with Crippen molar-refractivity contribution in [1.82, 2.24) is 24.7 Å². The van der Waals surface area contributed by atoms with Crippen LogP contribution in [0.2, 0.25) is 0 Å². The molecule has 5 unspecified atom stereocenters. The Kier molecular flexibility index (Phi) is 5.62. The number of carbonyl (C=O) groups excluding carboxylic acids is 1. The summed E-state index contributed by atoms with van der Waals surface area (Å²) in [5.74, 6) is 2.27. The zero-order chi connectivity index (χ0) is 26.9. The molecule has 2 N–H and O–H groups in total. The molecule has 2 aliphatic carbocycles. The molecule has 1 amide bonds. The van der Waals surface area contributed by atoms with Crippen LogP contribution in [0.5, 0.6) is 0 Å². The van der Waals surface area contributed by atoms with Crippen molar-refractivity contribution in [2.45, 2.75) is 57.9 Å². The topological polar surface area (TPSA) is 101 Å². The van der Waals surface area contributed by atoms with Crippen LogP contribution in [0.15, 0.2) is 30.7 Å². The number of halogens is 3. The highest BCUT2D eigenvalue weighted by molar-refractivity contribution is 6.03. The molecule has 6 rings (SSSR count). The first-order chi connectivity index (χ1) is 18.0. The van der Waals surface area contributed by atoms with E-state index >= 15 is 0 Å². The van der Waals surface area contributed by atoms with Gasteiger partial charge >= 0.3 is 6.18 Å². The van der Waals surface area contributed by atoms with E-state index in [2.05, 4.69) is 30.7 Å². The smallest absolute Gasteiger partial charge is 0.350 e. The largest absolute Gasteiger partial charge is 0.433 e. The van der Waals surface area contributed by atoms with Crippen molar-refractivity contribution in [3.8, 4) is 0 Å². The Bertz CT molecular complexity index is 1390. The lowest BCUT2D eigenvalue weighted by atomic mass is 9.75. The molecule has 1 aliphatic heterocycles. The molecule has 5 atom stereocenters. The second-order valence-corrected chi connectivity index (χ2v) is 10.9. The number of nitrogens with one attached hydrogen (secondary N) is 2. The van der Waals surface area contributed by atoms with Gasteiger partial charge in [-0.3, -0.25) is 14.5 Å². The Morgan fingerprint density at radius 3 is 2.66 bits per heavy atom. The molecule has 0 radical (unpaired) electrons. The van der Waals surface area contributed by atoms with Gasteiger partial charge in [-0.2, -0.15) is 23.3 Å². The number of rotatable bonds is 6. The minimum atomic E-state index is -4.44. The molecule has 2 saturated carbocycles. The molecule has 0 spiro atoms. The summed E-state index contributed by atoms with van der Waals surface area (Å²) < 4.78 is 40.7. The Labute approximate surface area is 217 Å². The fourth-order valence-corrected chi connectivity index (χ4v) is 6.10. The van der Waals surface area contributed by atoms with E-state index in [0.717, 1.165) is 23.6 Å². The number of pyridine rings is 1. The molecular weight excluding hydrogens is 497 g/mol. The summed E-state index contributed by atoms with van der Waals surface area (Å²) in [7, 11) is 1.87. The third-order valence-corrected chi connectivity index (χ3v) is 8.00. The number of amides is 1. The Morgan fingerprint density at radius 2 is 1.97 bits per heavy atom. The van der Waals surface area contributed by atoms with Crippen LogP contribution in [0.3, 0.4) is 0 Å². The number of nitrogens with zero attached hydrogens (tertiary/aromatic N) is 6. The van der Waals surface area contributed by atoms with Crippen molar-refractivity contribution in [3.05, 3.63) is 53.2 Å². The van der Waals surface area contributed by atoms with Crippen LogP contribution < -0.4 is 15.5 Å². The number of aryl methyl sites for hydroxylation is 1. The second kappa shape index (κ2) is 8.67. The lowest BCUT2D eigenvalue weighted by molar-refractivity contribution is -0.141. The van der Waals surface area contributed by atoms with E-state index < -0.39 is 11.9 Å². The third kappa shape index (κ3) is 4.06. The van der Waals surface area contributed by atoms with Gasteiger partial charge in [0.15, 0.2) is 5.82 Å². The van der Waals surface area contributed by atoms with Crippen LogP contribution in [0.25, 0.3) is 0 Å². The van der Waals surface area contributed by atoms with Gasteiger partial charge < -0.3 is 15.5 Å². The SMILES string of the molecule is Cc1nc(NCc2cnn(C3C4CC4C3c3ccc(C(F)(F)F)nc3)c2)nc2c1NC(=O)C(C(C)C)N2C. The highest BCUT2D eigenvalue weighted by atomic mass is 19.4. The molecule has 0 aromatic carbocycles. The van der Waals surface area contributed by atoms with Crippen LogP contribution in [-0.4, -0.2) is 43.7 Å². The number of anilines is 3. The highest BCUT2D eigenvalue weighted by Crippen LogP contribution is 2.70. The number of alkyl halides is 3. The van der Waals surface area contributed by atoms with E-state index in [0.29, 0.717) is 41.5 Å². The van der Waals surface area contributed by atoms with Crippen LogP contribution in [-0.2, 0) is 17.5 Å². The van der Waals surface area contributed by atoms with Crippen molar-refractivity contribution in [1.29, 1.82) is 0 Å². The zero-order valence-corrected chi connectivity index (χ0v) is 21.5. The van der Waals surface area contributed by atoms with E-state index in [1.807, 2.05) is 43.6 Å². The lowest BCUT2D eigenvalue weighted by Gasteiger charge is -2.36. The molecule has 12 heteroatoms. The van der Waals surface area contributed by atoms with Crippen LogP contribution in [0.1, 0.15) is 54.7 Å². The van der Waals surface area contributed by atoms with Gasteiger partial charge in [-0.15, -0.1) is 0 Å². The minimum Gasteiger partial charge on any atom is -0.350 e. The monoisotopic (exact) mass is 526 g/mol. The summed E-state index contributed by atoms with van der Waals surface area (Å²) in [6.45, 7) is 6.30. The van der Waals surface area contributed by atoms with E-state index in [4.69, 9.17) is 0 Å². The van der Waals surface area contributed by atoms with E-state index in [9.17, 15) is 18.0 Å². The molecule has 3 aromatic heterocycles. The number of aromatic nitrogens is 5. The van der Waals surface area contributed by atoms with E-state index in [-0.39, 0.29) is 29.8 Å². The van der Waals surface area contributed by atoms with Crippen molar-refractivity contribution in [3.63, 3.8) is 0 Å². The van der Waals surface area contributed by atoms with E-state index in [1.165, 1.54) is 6.20 Å². The normalized spacial score (nSPS) is 25.9. The summed E-state index contributed by atoms with van der Waals surface area (Å²) in [5, 5.41) is 10.8. The Morgan fingerprint density at radius 1 is 1.18 bits per heavy atom. The zero-order valence-electron chi connectivity index (χ0n) is 21.5. The first-order valence-corrected chi connectivity index (χ1v) is 12.7. The second-order valence-electron chi connectivity index (χ2n) is 10.9. The van der Waals surface area contributed by atoms with Gasteiger partial charge in [0.1, 0.15) is 17.4 Å². The Balaban J connectivity index is 1.16. The van der Waals surface area contributed by atoms with Crippen molar-refractivity contribution in [2.75, 3.05) is 22.6 Å².